The van der Waals surface area contributed by atoms with Gasteiger partial charge in [0, 0.05) is 23.3 Å². The highest BCUT2D eigenvalue weighted by Gasteiger charge is 2.13. The summed E-state index contributed by atoms with van der Waals surface area (Å²) in [6.45, 7) is 3.22. The Labute approximate surface area is 148 Å². The molecule has 1 aromatic heterocycles. The predicted octanol–water partition coefficient (Wildman–Crippen LogP) is 3.58. The third-order valence-corrected chi connectivity index (χ3v) is 3.50. The van der Waals surface area contributed by atoms with Crippen LogP contribution < -0.4 is 0 Å². The third kappa shape index (κ3) is 3.64. The summed E-state index contributed by atoms with van der Waals surface area (Å²) >= 11 is 0. The Hall–Kier alpha value is -3.80. The van der Waals surface area contributed by atoms with Crippen molar-refractivity contribution < 1.29 is 23.5 Å². The van der Waals surface area contributed by atoms with Gasteiger partial charge in [-0.3, -0.25) is 4.79 Å². The van der Waals surface area contributed by atoms with Gasteiger partial charge in [-0.2, -0.15) is 0 Å². The lowest BCUT2D eigenvalue weighted by molar-refractivity contribution is -0.152. The summed E-state index contributed by atoms with van der Waals surface area (Å²) < 4.78 is 10.2. The zero-order valence-corrected chi connectivity index (χ0v) is 13.5. The Morgan fingerprint density at radius 3 is 2.65 bits per heavy atom. The second-order valence-electron chi connectivity index (χ2n) is 5.23. The van der Waals surface area contributed by atoms with Crippen LogP contribution in [0.4, 0.5) is 0 Å². The lowest BCUT2D eigenvalue weighted by atomic mass is 10.0. The Bertz CT molecular complexity index is 1010. The number of esters is 2. The minimum atomic E-state index is -0.838. The number of para-hydroxylation sites is 2. The summed E-state index contributed by atoms with van der Waals surface area (Å²) in [7, 11) is 0. The van der Waals surface area contributed by atoms with E-state index in [2.05, 4.69) is 16.3 Å². The van der Waals surface area contributed by atoms with Crippen molar-refractivity contribution in [3.05, 3.63) is 72.3 Å². The molecule has 6 heteroatoms. The van der Waals surface area contributed by atoms with Crippen LogP contribution in [0.5, 0.6) is 0 Å². The predicted molar refractivity (Wildman–Crippen MR) is 95.2 cm³/mol. The number of hydrogen-bond donors (Lipinski definition) is 0. The fourth-order valence-electron chi connectivity index (χ4n) is 2.30. The Morgan fingerprint density at radius 2 is 1.92 bits per heavy atom. The smallest absolute Gasteiger partial charge is 0.338 e. The van der Waals surface area contributed by atoms with Crippen molar-refractivity contribution in [2.24, 2.45) is 0 Å². The molecule has 0 fully saturated rings. The average molecular weight is 347 g/mol. The lowest BCUT2D eigenvalue weighted by Gasteiger charge is -2.03. The molecule has 6 nitrogen and oxygen atoms in total. The third-order valence-electron chi connectivity index (χ3n) is 3.50. The van der Waals surface area contributed by atoms with Gasteiger partial charge in [0.2, 0.25) is 5.89 Å². The van der Waals surface area contributed by atoms with Gasteiger partial charge in [0.1, 0.15) is 11.8 Å². The van der Waals surface area contributed by atoms with Crippen molar-refractivity contribution in [1.82, 2.24) is 4.98 Å². The first-order valence-corrected chi connectivity index (χ1v) is 7.62. The van der Waals surface area contributed by atoms with Gasteiger partial charge < -0.3 is 9.15 Å². The lowest BCUT2D eigenvalue weighted by Crippen LogP contribution is -2.06. The zero-order valence-electron chi connectivity index (χ0n) is 13.5. The number of rotatable bonds is 5. The Morgan fingerprint density at radius 1 is 1.12 bits per heavy atom. The average Bonchev–Trinajstić information content (AvgIpc) is 3.10. The summed E-state index contributed by atoms with van der Waals surface area (Å²) in [6.07, 6.45) is 4.16. The molecule has 128 valence electrons. The number of carbonyl (C=O) groups excluding carboxylic acids is 3. The largest absolute Gasteiger partial charge is 0.436 e. The molecule has 0 saturated carbocycles. The van der Waals surface area contributed by atoms with E-state index in [4.69, 9.17) is 4.42 Å². The minimum absolute atomic E-state index is 0.310. The van der Waals surface area contributed by atoms with Crippen molar-refractivity contribution in [1.29, 1.82) is 0 Å². The monoisotopic (exact) mass is 347 g/mol. The highest BCUT2D eigenvalue weighted by Crippen LogP contribution is 2.28. The molecule has 0 radical (unpaired) electrons. The molecule has 0 aliphatic rings. The molecule has 0 atom stereocenters. The summed E-state index contributed by atoms with van der Waals surface area (Å²) in [5.74, 6) is -1.36. The standard InChI is InChI=1S/C20H13NO5/c1-2-18(23)26-19(24)10-9-14-8-7-13(12-22)11-15(14)20-21-16-5-3-4-6-17(16)25-20/h2-12H,1H2. The van der Waals surface area contributed by atoms with Crippen LogP contribution in [0, 0.1) is 0 Å². The van der Waals surface area contributed by atoms with Gasteiger partial charge in [-0.05, 0) is 29.8 Å². The highest BCUT2D eigenvalue weighted by molar-refractivity contribution is 5.98. The van der Waals surface area contributed by atoms with E-state index in [0.717, 1.165) is 12.2 Å². The van der Waals surface area contributed by atoms with E-state index < -0.39 is 11.9 Å². The number of fused-ring (bicyclic) bond motifs is 1. The summed E-state index contributed by atoms with van der Waals surface area (Å²) in [5.41, 5.74) is 2.81. The maximum atomic E-state index is 11.6. The molecule has 3 rings (SSSR count). The van der Waals surface area contributed by atoms with Crippen molar-refractivity contribution in [2.45, 2.75) is 0 Å². The molecule has 3 aromatic rings. The molecule has 26 heavy (non-hydrogen) atoms. The Kier molecular flexibility index (Phi) is 4.85. The first-order valence-electron chi connectivity index (χ1n) is 7.62. The van der Waals surface area contributed by atoms with Crippen LogP contribution in [0.25, 0.3) is 28.6 Å². The zero-order chi connectivity index (χ0) is 18.5. The van der Waals surface area contributed by atoms with Gasteiger partial charge in [-0.1, -0.05) is 30.8 Å². The summed E-state index contributed by atoms with van der Waals surface area (Å²) in [4.78, 5) is 38.2. The van der Waals surface area contributed by atoms with Crippen molar-refractivity contribution >= 4 is 35.4 Å². The normalized spacial score (nSPS) is 10.8. The van der Waals surface area contributed by atoms with Gasteiger partial charge in [0.25, 0.3) is 0 Å². The summed E-state index contributed by atoms with van der Waals surface area (Å²) in [5, 5.41) is 0. The van der Waals surface area contributed by atoms with Crippen molar-refractivity contribution in [3.63, 3.8) is 0 Å². The number of benzene rings is 2. The molecule has 2 aromatic carbocycles. The topological polar surface area (TPSA) is 86.5 Å². The van der Waals surface area contributed by atoms with Crippen LogP contribution in [0.1, 0.15) is 15.9 Å². The van der Waals surface area contributed by atoms with Gasteiger partial charge in [0.05, 0.1) is 0 Å². The Balaban J connectivity index is 2.00. The van der Waals surface area contributed by atoms with Crippen LogP contribution in [0.2, 0.25) is 0 Å². The first-order chi connectivity index (χ1) is 12.6. The number of hydrogen-bond acceptors (Lipinski definition) is 6. The first kappa shape index (κ1) is 17.0. The number of nitrogens with zero attached hydrogens (tertiary/aromatic N) is 1. The van der Waals surface area contributed by atoms with E-state index in [9.17, 15) is 14.4 Å². The van der Waals surface area contributed by atoms with Crippen LogP contribution in [-0.2, 0) is 14.3 Å². The molecule has 0 aliphatic heterocycles. The molecule has 0 unspecified atom stereocenters. The number of aromatic nitrogens is 1. The number of ether oxygens (including phenoxy) is 1. The van der Waals surface area contributed by atoms with Crippen LogP contribution >= 0.6 is 0 Å². The van der Waals surface area contributed by atoms with Crippen LogP contribution in [0.15, 0.2) is 65.6 Å². The van der Waals surface area contributed by atoms with Gasteiger partial charge in [-0.15, -0.1) is 0 Å². The fourth-order valence-corrected chi connectivity index (χ4v) is 2.30. The van der Waals surface area contributed by atoms with Crippen LogP contribution in [0.3, 0.4) is 0 Å². The van der Waals surface area contributed by atoms with E-state index in [1.165, 1.54) is 6.08 Å². The quantitative estimate of drug-likeness (QED) is 0.303. The molecule has 0 saturated heterocycles. The molecule has 1 heterocycles. The molecule has 0 aliphatic carbocycles. The van der Waals surface area contributed by atoms with Crippen molar-refractivity contribution in [2.75, 3.05) is 0 Å². The fraction of sp³-hybridized carbons (Fsp3) is 0. The second kappa shape index (κ2) is 7.40. The van der Waals surface area contributed by atoms with Gasteiger partial charge in [-0.25, -0.2) is 14.6 Å². The van der Waals surface area contributed by atoms with E-state index in [1.807, 2.05) is 12.1 Å². The number of aldehydes is 1. The number of carbonyl (C=O) groups is 3. The van der Waals surface area contributed by atoms with E-state index >= 15 is 0 Å². The molecule has 0 bridgehead atoms. The van der Waals surface area contributed by atoms with Crippen LogP contribution in [-0.4, -0.2) is 23.2 Å². The molecule has 0 N–H and O–H groups in total. The summed E-state index contributed by atoms with van der Waals surface area (Å²) in [6, 6.07) is 12.1. The molecular weight excluding hydrogens is 334 g/mol. The molecule has 0 spiro atoms. The second-order valence-corrected chi connectivity index (χ2v) is 5.23. The highest BCUT2D eigenvalue weighted by atomic mass is 16.6. The SMILES string of the molecule is C=CC(=O)OC(=O)C=Cc1ccc(C=O)cc1-c1nc2ccccc2o1. The van der Waals surface area contributed by atoms with Gasteiger partial charge in [0.15, 0.2) is 5.58 Å². The van der Waals surface area contributed by atoms with E-state index in [-0.39, 0.29) is 0 Å². The number of oxazole rings is 1. The van der Waals surface area contributed by atoms with E-state index in [1.54, 1.807) is 30.3 Å². The van der Waals surface area contributed by atoms with Gasteiger partial charge >= 0.3 is 11.9 Å². The molecule has 0 amide bonds. The van der Waals surface area contributed by atoms with E-state index in [0.29, 0.717) is 40.0 Å². The maximum absolute atomic E-state index is 11.6. The molecular formula is C20H13NO5. The minimum Gasteiger partial charge on any atom is -0.436 e. The van der Waals surface area contributed by atoms with Crippen molar-refractivity contribution in [3.8, 4) is 11.5 Å². The maximum Gasteiger partial charge on any atom is 0.338 e.